The van der Waals surface area contributed by atoms with Gasteiger partial charge in [-0.25, -0.2) is 4.98 Å². The van der Waals surface area contributed by atoms with E-state index in [0.29, 0.717) is 6.04 Å². The molecule has 0 aromatic carbocycles. The van der Waals surface area contributed by atoms with Crippen molar-refractivity contribution in [3.63, 3.8) is 0 Å². The zero-order valence-corrected chi connectivity index (χ0v) is 12.8. The normalized spacial score (nSPS) is 17.4. The summed E-state index contributed by atoms with van der Waals surface area (Å²) in [6, 6.07) is 2.82. The molecule has 2 heterocycles. The van der Waals surface area contributed by atoms with E-state index in [-0.39, 0.29) is 6.04 Å². The minimum Gasteiger partial charge on any atom is -0.302 e. The van der Waals surface area contributed by atoms with Gasteiger partial charge >= 0.3 is 0 Å². The highest BCUT2D eigenvalue weighted by Gasteiger charge is 2.20. The summed E-state index contributed by atoms with van der Waals surface area (Å²) in [4.78, 5) is 4.48. The van der Waals surface area contributed by atoms with Crippen LogP contribution in [0.4, 0.5) is 0 Å². The van der Waals surface area contributed by atoms with E-state index >= 15 is 0 Å². The third kappa shape index (κ3) is 3.15. The number of aromatic nitrogens is 5. The highest BCUT2D eigenvalue weighted by atomic mass is 15.3. The standard InChI is InChI=1S/C15H24N6/c1-3-14-18-15(20-19-14)11(2)16-10-13-8-9-17-21(13)12-6-4-5-7-12/h8-9,11-12,16H,3-7,10H2,1-2H3,(H,18,19,20). The van der Waals surface area contributed by atoms with Crippen LogP contribution in [-0.2, 0) is 13.0 Å². The predicted octanol–water partition coefficient (Wildman–Crippen LogP) is 2.53. The second-order valence-electron chi connectivity index (χ2n) is 5.80. The van der Waals surface area contributed by atoms with Crippen molar-refractivity contribution in [2.45, 2.75) is 64.6 Å². The summed E-state index contributed by atoms with van der Waals surface area (Å²) in [5, 5.41) is 15.2. The average molecular weight is 288 g/mol. The van der Waals surface area contributed by atoms with Gasteiger partial charge < -0.3 is 5.32 Å². The van der Waals surface area contributed by atoms with Gasteiger partial charge in [0.25, 0.3) is 0 Å². The van der Waals surface area contributed by atoms with Crippen LogP contribution in [-0.4, -0.2) is 25.0 Å². The number of rotatable bonds is 6. The van der Waals surface area contributed by atoms with Gasteiger partial charge in [-0.05, 0) is 25.8 Å². The maximum absolute atomic E-state index is 4.51. The first kappa shape index (κ1) is 14.3. The van der Waals surface area contributed by atoms with Crippen molar-refractivity contribution in [1.82, 2.24) is 30.3 Å². The summed E-state index contributed by atoms with van der Waals surface area (Å²) in [5.74, 6) is 1.77. The lowest BCUT2D eigenvalue weighted by molar-refractivity contribution is 0.432. The van der Waals surface area contributed by atoms with Crippen LogP contribution in [0, 0.1) is 0 Å². The van der Waals surface area contributed by atoms with Crippen molar-refractivity contribution < 1.29 is 0 Å². The van der Waals surface area contributed by atoms with Crippen molar-refractivity contribution in [2.24, 2.45) is 0 Å². The number of hydrogen-bond acceptors (Lipinski definition) is 4. The fourth-order valence-corrected chi connectivity index (χ4v) is 2.97. The molecular weight excluding hydrogens is 264 g/mol. The molecule has 1 saturated carbocycles. The second kappa shape index (κ2) is 6.39. The van der Waals surface area contributed by atoms with Gasteiger partial charge in [-0.3, -0.25) is 9.78 Å². The Kier molecular flexibility index (Phi) is 4.34. The van der Waals surface area contributed by atoms with Crippen LogP contribution in [0.3, 0.4) is 0 Å². The maximum Gasteiger partial charge on any atom is 0.167 e. The number of H-pyrrole nitrogens is 1. The molecule has 2 aromatic rings. The third-order valence-corrected chi connectivity index (χ3v) is 4.28. The van der Waals surface area contributed by atoms with Crippen LogP contribution in [0.1, 0.15) is 69.0 Å². The zero-order valence-electron chi connectivity index (χ0n) is 12.8. The second-order valence-corrected chi connectivity index (χ2v) is 5.80. The molecule has 3 rings (SSSR count). The topological polar surface area (TPSA) is 71.4 Å². The molecule has 0 bridgehead atoms. The summed E-state index contributed by atoms with van der Waals surface area (Å²) < 4.78 is 2.20. The highest BCUT2D eigenvalue weighted by molar-refractivity contribution is 5.04. The molecule has 1 unspecified atom stereocenters. The van der Waals surface area contributed by atoms with Crippen LogP contribution in [0.5, 0.6) is 0 Å². The molecule has 2 aromatic heterocycles. The molecule has 1 aliphatic rings. The highest BCUT2D eigenvalue weighted by Crippen LogP contribution is 2.29. The lowest BCUT2D eigenvalue weighted by atomic mass is 10.2. The fraction of sp³-hybridized carbons (Fsp3) is 0.667. The molecule has 1 atom stereocenters. The van der Waals surface area contributed by atoms with Gasteiger partial charge in [-0.2, -0.15) is 10.2 Å². The third-order valence-electron chi connectivity index (χ3n) is 4.28. The molecule has 0 spiro atoms. The Bertz CT molecular complexity index is 566. The molecule has 6 heteroatoms. The van der Waals surface area contributed by atoms with E-state index in [1.807, 2.05) is 6.20 Å². The summed E-state index contributed by atoms with van der Waals surface area (Å²) in [6.07, 6.45) is 7.95. The molecule has 0 radical (unpaired) electrons. The first-order valence-electron chi connectivity index (χ1n) is 7.95. The monoisotopic (exact) mass is 288 g/mol. The van der Waals surface area contributed by atoms with E-state index in [1.165, 1.54) is 31.4 Å². The van der Waals surface area contributed by atoms with E-state index < -0.39 is 0 Å². The van der Waals surface area contributed by atoms with E-state index in [9.17, 15) is 0 Å². The van der Waals surface area contributed by atoms with Gasteiger partial charge in [-0.1, -0.05) is 19.8 Å². The Balaban J connectivity index is 1.61. The predicted molar refractivity (Wildman–Crippen MR) is 80.7 cm³/mol. The lowest BCUT2D eigenvalue weighted by Gasteiger charge is -2.16. The fourth-order valence-electron chi connectivity index (χ4n) is 2.97. The lowest BCUT2D eigenvalue weighted by Crippen LogP contribution is -2.22. The maximum atomic E-state index is 4.51. The van der Waals surface area contributed by atoms with Crippen LogP contribution in [0.2, 0.25) is 0 Å². The van der Waals surface area contributed by atoms with E-state index in [0.717, 1.165) is 24.6 Å². The first-order chi connectivity index (χ1) is 10.3. The molecule has 6 nitrogen and oxygen atoms in total. The number of hydrogen-bond donors (Lipinski definition) is 2. The molecule has 0 aliphatic heterocycles. The van der Waals surface area contributed by atoms with E-state index in [1.54, 1.807) is 0 Å². The number of nitrogens with zero attached hydrogens (tertiary/aromatic N) is 4. The molecule has 114 valence electrons. The molecular formula is C15H24N6. The van der Waals surface area contributed by atoms with Gasteiger partial charge in [0, 0.05) is 19.2 Å². The van der Waals surface area contributed by atoms with Gasteiger partial charge in [0.15, 0.2) is 5.82 Å². The van der Waals surface area contributed by atoms with Crippen molar-refractivity contribution in [2.75, 3.05) is 0 Å². The summed E-state index contributed by atoms with van der Waals surface area (Å²) in [6.45, 7) is 4.97. The summed E-state index contributed by atoms with van der Waals surface area (Å²) >= 11 is 0. The van der Waals surface area contributed by atoms with Crippen molar-refractivity contribution in [3.8, 4) is 0 Å². The summed E-state index contributed by atoms with van der Waals surface area (Å²) in [7, 11) is 0. The molecule has 0 amide bonds. The van der Waals surface area contributed by atoms with Crippen LogP contribution in [0.25, 0.3) is 0 Å². The van der Waals surface area contributed by atoms with E-state index in [2.05, 4.69) is 50.2 Å². The van der Waals surface area contributed by atoms with Crippen molar-refractivity contribution in [3.05, 3.63) is 29.6 Å². The largest absolute Gasteiger partial charge is 0.302 e. The van der Waals surface area contributed by atoms with Crippen molar-refractivity contribution >= 4 is 0 Å². The van der Waals surface area contributed by atoms with Gasteiger partial charge in [-0.15, -0.1) is 0 Å². The van der Waals surface area contributed by atoms with Crippen molar-refractivity contribution in [1.29, 1.82) is 0 Å². The quantitative estimate of drug-likeness (QED) is 0.857. The Hall–Kier alpha value is -1.69. The number of aryl methyl sites for hydroxylation is 1. The SMILES string of the molecule is CCc1nc(C(C)NCc2ccnn2C2CCCC2)n[nH]1. The molecule has 0 saturated heterocycles. The minimum absolute atomic E-state index is 0.133. The van der Waals surface area contributed by atoms with Gasteiger partial charge in [0.1, 0.15) is 5.82 Å². The number of nitrogens with one attached hydrogen (secondary N) is 2. The zero-order chi connectivity index (χ0) is 14.7. The van der Waals surface area contributed by atoms with Gasteiger partial charge in [0.05, 0.1) is 17.8 Å². The minimum atomic E-state index is 0.133. The van der Waals surface area contributed by atoms with E-state index in [4.69, 9.17) is 0 Å². The molecule has 2 N–H and O–H groups in total. The molecule has 21 heavy (non-hydrogen) atoms. The van der Waals surface area contributed by atoms with Crippen LogP contribution in [0.15, 0.2) is 12.3 Å². The first-order valence-corrected chi connectivity index (χ1v) is 7.95. The molecule has 1 aliphatic carbocycles. The number of aromatic amines is 1. The smallest absolute Gasteiger partial charge is 0.167 e. The Labute approximate surface area is 125 Å². The average Bonchev–Trinajstić information content (AvgIpc) is 3.23. The van der Waals surface area contributed by atoms with Gasteiger partial charge in [0.2, 0.25) is 0 Å². The van der Waals surface area contributed by atoms with Crippen LogP contribution >= 0.6 is 0 Å². The Morgan fingerprint density at radius 3 is 2.95 bits per heavy atom. The Morgan fingerprint density at radius 2 is 2.24 bits per heavy atom. The summed E-state index contributed by atoms with van der Waals surface area (Å²) in [5.41, 5.74) is 1.25. The Morgan fingerprint density at radius 1 is 1.43 bits per heavy atom. The molecule has 1 fully saturated rings. The van der Waals surface area contributed by atoms with Crippen LogP contribution < -0.4 is 5.32 Å².